The molecule has 2 unspecified atom stereocenters. The molecule has 2 fully saturated rings. The van der Waals surface area contributed by atoms with Crippen LogP contribution < -0.4 is 4.90 Å². The number of rotatable bonds is 2. The number of anilines is 1. The fourth-order valence-corrected chi connectivity index (χ4v) is 7.13. The zero-order valence-corrected chi connectivity index (χ0v) is 22.0. The van der Waals surface area contributed by atoms with Crippen LogP contribution in [-0.4, -0.2) is 47.0 Å². The van der Waals surface area contributed by atoms with E-state index in [-0.39, 0.29) is 16.7 Å². The van der Waals surface area contributed by atoms with Crippen molar-refractivity contribution >= 4 is 34.2 Å². The number of aryl methyl sites for hydroxylation is 2. The van der Waals surface area contributed by atoms with Crippen molar-refractivity contribution in [2.75, 3.05) is 31.1 Å². The van der Waals surface area contributed by atoms with Crippen molar-refractivity contribution in [2.45, 2.75) is 58.3 Å². The van der Waals surface area contributed by atoms with E-state index in [9.17, 15) is 4.79 Å². The van der Waals surface area contributed by atoms with E-state index in [0.717, 1.165) is 59.1 Å². The lowest BCUT2D eigenvalue weighted by atomic mass is 9.63. The number of fused-ring (bicyclic) bond motifs is 6. The average Bonchev–Trinajstić information content (AvgIpc) is 3.13. The van der Waals surface area contributed by atoms with Gasteiger partial charge in [0, 0.05) is 42.3 Å². The summed E-state index contributed by atoms with van der Waals surface area (Å²) in [4.78, 5) is 29.3. The summed E-state index contributed by atoms with van der Waals surface area (Å²) >= 11 is 6.22. The number of hydrogen-bond donors (Lipinski definition) is 0. The number of aromatic nitrogens is 2. The van der Waals surface area contributed by atoms with Crippen LogP contribution in [0.25, 0.3) is 11.0 Å². The smallest absolute Gasteiger partial charge is 0.235 e. The molecule has 1 aliphatic heterocycles. The maximum atomic E-state index is 14.5. The standard InChI is InChI=1S/C29H33ClN4O/c1-18-15-22-23(16-19(18)2)32-25-24(31-22)28(5)9-10-29(25,27(28,3)4)26(35)34-13-11-33(12-14-34)21-8-6-7-20(30)17-21/h6-8,15-17H,9-14H2,1-5H3. The quantitative estimate of drug-likeness (QED) is 0.472. The third kappa shape index (κ3) is 2.91. The normalized spacial score (nSPS) is 26.9. The molecule has 2 atom stereocenters. The van der Waals surface area contributed by atoms with Crippen LogP contribution in [0.2, 0.25) is 5.02 Å². The van der Waals surface area contributed by atoms with E-state index in [2.05, 4.69) is 62.6 Å². The Morgan fingerprint density at radius 1 is 0.886 bits per heavy atom. The largest absolute Gasteiger partial charge is 0.368 e. The molecule has 1 amide bonds. The van der Waals surface area contributed by atoms with E-state index in [4.69, 9.17) is 21.6 Å². The Labute approximate surface area is 212 Å². The van der Waals surface area contributed by atoms with Crippen LogP contribution in [0.3, 0.4) is 0 Å². The maximum absolute atomic E-state index is 14.5. The monoisotopic (exact) mass is 488 g/mol. The second kappa shape index (κ2) is 7.42. The minimum absolute atomic E-state index is 0.166. The van der Waals surface area contributed by atoms with Crippen molar-refractivity contribution in [2.24, 2.45) is 5.41 Å². The molecule has 1 aromatic heterocycles. The molecule has 6 heteroatoms. The Kier molecular flexibility index (Phi) is 4.83. The van der Waals surface area contributed by atoms with Crippen LogP contribution in [0, 0.1) is 19.3 Å². The molecular weight excluding hydrogens is 456 g/mol. The Bertz CT molecular complexity index is 1380. The zero-order chi connectivity index (χ0) is 24.8. The van der Waals surface area contributed by atoms with Crippen molar-refractivity contribution in [1.29, 1.82) is 0 Å². The summed E-state index contributed by atoms with van der Waals surface area (Å²) in [6.07, 6.45) is 1.80. The van der Waals surface area contributed by atoms with E-state index in [1.807, 2.05) is 18.2 Å². The van der Waals surface area contributed by atoms with Gasteiger partial charge in [0.2, 0.25) is 5.91 Å². The minimum atomic E-state index is -0.630. The molecule has 2 heterocycles. The molecular formula is C29H33ClN4O. The highest BCUT2D eigenvalue weighted by Crippen LogP contribution is 2.70. The molecule has 1 saturated carbocycles. The van der Waals surface area contributed by atoms with Crippen LogP contribution in [0.4, 0.5) is 5.69 Å². The SMILES string of the molecule is Cc1cc2nc3c(nc2cc1C)C1(C(=O)N2CCN(c4cccc(Cl)c4)CC2)CCC3(C)C1(C)C. The van der Waals surface area contributed by atoms with Gasteiger partial charge in [-0.25, -0.2) is 9.97 Å². The second-order valence-corrected chi connectivity index (χ2v) is 11.9. The van der Waals surface area contributed by atoms with Crippen molar-refractivity contribution in [3.05, 3.63) is 63.9 Å². The van der Waals surface area contributed by atoms with Gasteiger partial charge in [0.15, 0.2) is 0 Å². The van der Waals surface area contributed by atoms with Gasteiger partial charge in [-0.2, -0.15) is 0 Å². The number of piperazine rings is 1. The van der Waals surface area contributed by atoms with Crippen molar-refractivity contribution in [3.63, 3.8) is 0 Å². The summed E-state index contributed by atoms with van der Waals surface area (Å²) in [5.74, 6) is 0.230. The number of carbonyl (C=O) groups excluding carboxylic acids is 1. The van der Waals surface area contributed by atoms with Crippen LogP contribution >= 0.6 is 11.6 Å². The fraction of sp³-hybridized carbons (Fsp3) is 0.483. The molecule has 3 aliphatic rings. The number of carbonyl (C=O) groups is 1. The molecule has 182 valence electrons. The molecule has 3 aromatic rings. The number of amides is 1. The van der Waals surface area contributed by atoms with E-state index in [1.165, 1.54) is 11.1 Å². The number of nitrogens with zero attached hydrogens (tertiary/aromatic N) is 4. The second-order valence-electron chi connectivity index (χ2n) is 11.5. The lowest BCUT2D eigenvalue weighted by Crippen LogP contribution is -2.57. The van der Waals surface area contributed by atoms with Gasteiger partial charge in [0.1, 0.15) is 0 Å². The lowest BCUT2D eigenvalue weighted by Gasteiger charge is -2.44. The molecule has 0 spiro atoms. The molecule has 2 aliphatic carbocycles. The molecule has 2 bridgehead atoms. The van der Waals surface area contributed by atoms with Gasteiger partial charge >= 0.3 is 0 Å². The summed E-state index contributed by atoms with van der Waals surface area (Å²) in [5.41, 5.74) is 6.29. The summed E-state index contributed by atoms with van der Waals surface area (Å²) < 4.78 is 0. The molecule has 5 nitrogen and oxygen atoms in total. The van der Waals surface area contributed by atoms with Crippen LogP contribution in [0.15, 0.2) is 36.4 Å². The molecule has 6 rings (SSSR count). The maximum Gasteiger partial charge on any atom is 0.235 e. The predicted molar refractivity (Wildman–Crippen MR) is 141 cm³/mol. The van der Waals surface area contributed by atoms with Crippen molar-refractivity contribution < 1.29 is 4.79 Å². The third-order valence-corrected chi connectivity index (χ3v) is 9.99. The van der Waals surface area contributed by atoms with Crippen molar-refractivity contribution in [3.8, 4) is 0 Å². The number of halogens is 1. The minimum Gasteiger partial charge on any atom is -0.368 e. The first-order valence-corrected chi connectivity index (χ1v) is 13.1. The highest BCUT2D eigenvalue weighted by molar-refractivity contribution is 6.30. The third-order valence-electron chi connectivity index (χ3n) is 9.76. The number of hydrogen-bond acceptors (Lipinski definition) is 4. The predicted octanol–water partition coefficient (Wildman–Crippen LogP) is 5.58. The first-order chi connectivity index (χ1) is 16.6. The van der Waals surface area contributed by atoms with Gasteiger partial charge in [-0.1, -0.05) is 38.4 Å². The fourth-order valence-electron chi connectivity index (χ4n) is 6.94. The molecule has 2 aromatic carbocycles. The zero-order valence-electron chi connectivity index (χ0n) is 21.3. The molecule has 1 saturated heterocycles. The van der Waals surface area contributed by atoms with Crippen molar-refractivity contribution in [1.82, 2.24) is 14.9 Å². The van der Waals surface area contributed by atoms with Gasteiger partial charge in [-0.05, 0) is 73.6 Å². The van der Waals surface area contributed by atoms with E-state index >= 15 is 0 Å². The molecule has 0 N–H and O–H groups in total. The topological polar surface area (TPSA) is 49.3 Å². The first kappa shape index (κ1) is 22.8. The Morgan fingerprint density at radius 3 is 2.14 bits per heavy atom. The Hall–Kier alpha value is -2.66. The molecule has 0 radical (unpaired) electrons. The van der Waals surface area contributed by atoms with Gasteiger partial charge in [0.05, 0.1) is 27.8 Å². The van der Waals surface area contributed by atoms with Gasteiger partial charge in [-0.3, -0.25) is 4.79 Å². The van der Waals surface area contributed by atoms with Crippen LogP contribution in [0.1, 0.15) is 56.1 Å². The Morgan fingerprint density at radius 2 is 1.51 bits per heavy atom. The van der Waals surface area contributed by atoms with Crippen LogP contribution in [-0.2, 0) is 15.6 Å². The summed E-state index contributed by atoms with van der Waals surface area (Å²) in [5, 5.41) is 0.741. The van der Waals surface area contributed by atoms with E-state index in [0.29, 0.717) is 13.1 Å². The molecule has 35 heavy (non-hydrogen) atoms. The lowest BCUT2D eigenvalue weighted by molar-refractivity contribution is -0.141. The van der Waals surface area contributed by atoms with Gasteiger partial charge < -0.3 is 9.80 Å². The average molecular weight is 489 g/mol. The van der Waals surface area contributed by atoms with E-state index in [1.54, 1.807) is 0 Å². The van der Waals surface area contributed by atoms with E-state index < -0.39 is 5.41 Å². The summed E-state index contributed by atoms with van der Waals surface area (Å²) in [6, 6.07) is 12.2. The summed E-state index contributed by atoms with van der Waals surface area (Å²) in [7, 11) is 0. The van der Waals surface area contributed by atoms with Gasteiger partial charge in [0.25, 0.3) is 0 Å². The Balaban J connectivity index is 1.38. The highest BCUT2D eigenvalue weighted by atomic mass is 35.5. The van der Waals surface area contributed by atoms with Gasteiger partial charge in [-0.15, -0.1) is 0 Å². The summed E-state index contributed by atoms with van der Waals surface area (Å²) in [6.45, 7) is 14.1. The highest BCUT2D eigenvalue weighted by Gasteiger charge is 2.73. The first-order valence-electron chi connectivity index (χ1n) is 12.7. The number of benzene rings is 2. The van der Waals surface area contributed by atoms with Crippen LogP contribution in [0.5, 0.6) is 0 Å².